The van der Waals surface area contributed by atoms with E-state index in [1.165, 1.54) is 17.3 Å². The van der Waals surface area contributed by atoms with Gasteiger partial charge in [0.05, 0.1) is 6.21 Å². The summed E-state index contributed by atoms with van der Waals surface area (Å²) in [7, 11) is 0. The van der Waals surface area contributed by atoms with Gasteiger partial charge in [-0.15, -0.1) is 0 Å². The molecule has 1 N–H and O–H groups in total. The summed E-state index contributed by atoms with van der Waals surface area (Å²) in [4.78, 5) is 15.8. The van der Waals surface area contributed by atoms with Gasteiger partial charge in [0.1, 0.15) is 5.75 Å². The zero-order valence-electron chi connectivity index (χ0n) is 16.0. The number of ether oxygens (including phenoxy) is 1. The van der Waals surface area contributed by atoms with E-state index < -0.39 is 0 Å². The lowest BCUT2D eigenvalue weighted by molar-refractivity contribution is -0.123. The largest absolute Gasteiger partial charge is 0.484 e. The Bertz CT molecular complexity index is 921. The normalized spacial score (nSPS) is 11.4. The second-order valence-corrected chi connectivity index (χ2v) is 6.88. The number of nitrogens with zero attached hydrogens (tertiary/aromatic N) is 2. The predicted octanol–water partition coefficient (Wildman–Crippen LogP) is 3.94. The van der Waals surface area contributed by atoms with Gasteiger partial charge in [-0.25, -0.2) is 5.43 Å². The Labute approximate surface area is 165 Å². The minimum Gasteiger partial charge on any atom is -0.484 e. The van der Waals surface area contributed by atoms with Gasteiger partial charge in [0.15, 0.2) is 6.61 Å². The van der Waals surface area contributed by atoms with Crippen molar-refractivity contribution in [3.63, 3.8) is 0 Å². The number of amides is 1. The molecule has 0 saturated carbocycles. The van der Waals surface area contributed by atoms with Gasteiger partial charge in [-0.1, -0.05) is 62.4 Å². The van der Waals surface area contributed by atoms with Crippen LogP contribution in [0.15, 0.2) is 84.2 Å². The molecule has 0 bridgehead atoms. The van der Waals surface area contributed by atoms with Crippen LogP contribution in [0.5, 0.6) is 5.75 Å². The zero-order valence-corrected chi connectivity index (χ0v) is 16.0. The minimum atomic E-state index is -0.325. The Kier molecular flexibility index (Phi) is 6.17. The molecule has 0 spiro atoms. The highest BCUT2D eigenvalue weighted by Crippen LogP contribution is 2.32. The molecule has 1 heterocycles. The monoisotopic (exact) mass is 373 g/mol. The van der Waals surface area contributed by atoms with Crippen molar-refractivity contribution in [3.05, 3.63) is 95.8 Å². The lowest BCUT2D eigenvalue weighted by Gasteiger charge is -2.26. The van der Waals surface area contributed by atoms with Gasteiger partial charge < -0.3 is 4.74 Å². The fraction of sp³-hybridized carbons (Fsp3) is 0.174. The van der Waals surface area contributed by atoms with Crippen LogP contribution in [-0.2, 0) is 10.2 Å². The number of aromatic nitrogens is 1. The lowest BCUT2D eigenvalue weighted by atomic mass is 9.78. The van der Waals surface area contributed by atoms with Crippen LogP contribution in [0.1, 0.15) is 30.5 Å². The third-order valence-corrected chi connectivity index (χ3v) is 4.53. The molecular weight excluding hydrogens is 350 g/mol. The summed E-state index contributed by atoms with van der Waals surface area (Å²) in [6.07, 6.45) is 4.87. The Morgan fingerprint density at radius 3 is 2.43 bits per heavy atom. The highest BCUT2D eigenvalue weighted by atomic mass is 16.5. The first-order valence-electron chi connectivity index (χ1n) is 9.06. The first-order valence-corrected chi connectivity index (χ1v) is 9.06. The summed E-state index contributed by atoms with van der Waals surface area (Å²) in [6.45, 7) is 4.27. The van der Waals surface area contributed by atoms with Crippen molar-refractivity contribution in [2.75, 3.05) is 6.61 Å². The Balaban J connectivity index is 1.53. The molecule has 28 heavy (non-hydrogen) atoms. The quantitative estimate of drug-likeness (QED) is 0.504. The summed E-state index contributed by atoms with van der Waals surface area (Å²) in [5, 5.41) is 3.89. The molecule has 0 unspecified atom stereocenters. The number of carbonyl (C=O) groups is 1. The van der Waals surface area contributed by atoms with Gasteiger partial charge in [-0.3, -0.25) is 9.78 Å². The number of pyridine rings is 1. The molecule has 0 atom stereocenters. The molecule has 0 radical (unpaired) electrons. The molecular formula is C23H23N3O2. The van der Waals surface area contributed by atoms with Crippen molar-refractivity contribution >= 4 is 12.1 Å². The molecule has 5 heteroatoms. The number of hydrogen-bond donors (Lipinski definition) is 1. The second-order valence-electron chi connectivity index (χ2n) is 6.88. The number of carbonyl (C=O) groups excluding carboxylic acids is 1. The van der Waals surface area contributed by atoms with Gasteiger partial charge in [0.2, 0.25) is 0 Å². The third kappa shape index (κ3) is 5.04. The maximum absolute atomic E-state index is 11.9. The molecule has 142 valence electrons. The maximum atomic E-state index is 11.9. The summed E-state index contributed by atoms with van der Waals surface area (Å²) < 4.78 is 5.55. The summed E-state index contributed by atoms with van der Waals surface area (Å²) >= 11 is 0. The molecule has 1 amide bonds. The molecule has 0 aliphatic heterocycles. The zero-order chi connectivity index (χ0) is 19.8. The fourth-order valence-corrected chi connectivity index (χ4v) is 2.80. The lowest BCUT2D eigenvalue weighted by Crippen LogP contribution is -2.24. The van der Waals surface area contributed by atoms with Gasteiger partial charge in [-0.2, -0.15) is 5.10 Å². The first-order chi connectivity index (χ1) is 13.6. The van der Waals surface area contributed by atoms with Gasteiger partial charge in [0.25, 0.3) is 5.91 Å². The van der Waals surface area contributed by atoms with Gasteiger partial charge >= 0.3 is 0 Å². The average molecular weight is 373 g/mol. The fourth-order valence-electron chi connectivity index (χ4n) is 2.80. The predicted molar refractivity (Wildman–Crippen MR) is 110 cm³/mol. The van der Waals surface area contributed by atoms with E-state index in [4.69, 9.17) is 4.74 Å². The molecule has 0 aliphatic rings. The number of rotatable bonds is 7. The molecule has 3 aromatic rings. The topological polar surface area (TPSA) is 63.6 Å². The molecule has 2 aromatic carbocycles. The van der Waals surface area contributed by atoms with Crippen LogP contribution in [0.25, 0.3) is 0 Å². The SMILES string of the molecule is CC(C)(c1ccccc1)c1ccc(OCC(=O)NN=Cc2cccnc2)cc1. The van der Waals surface area contributed by atoms with Crippen LogP contribution >= 0.6 is 0 Å². The molecule has 0 fully saturated rings. The van der Waals surface area contributed by atoms with Crippen molar-refractivity contribution in [2.24, 2.45) is 5.10 Å². The minimum absolute atomic E-state index is 0.105. The number of nitrogens with one attached hydrogen (secondary N) is 1. The van der Waals surface area contributed by atoms with E-state index in [0.717, 1.165) is 5.56 Å². The third-order valence-electron chi connectivity index (χ3n) is 4.53. The highest BCUT2D eigenvalue weighted by molar-refractivity contribution is 5.82. The highest BCUT2D eigenvalue weighted by Gasteiger charge is 2.22. The van der Waals surface area contributed by atoms with Crippen LogP contribution in [0.4, 0.5) is 0 Å². The van der Waals surface area contributed by atoms with Crippen LogP contribution in [0.2, 0.25) is 0 Å². The maximum Gasteiger partial charge on any atom is 0.277 e. The summed E-state index contributed by atoms with van der Waals surface area (Å²) in [5.74, 6) is 0.313. The van der Waals surface area contributed by atoms with E-state index in [9.17, 15) is 4.79 Å². The van der Waals surface area contributed by atoms with Crippen LogP contribution in [0.3, 0.4) is 0 Å². The van der Waals surface area contributed by atoms with E-state index in [0.29, 0.717) is 5.75 Å². The Morgan fingerprint density at radius 1 is 1.04 bits per heavy atom. The number of hydrazone groups is 1. The molecule has 1 aromatic heterocycles. The van der Waals surface area contributed by atoms with Crippen molar-refractivity contribution in [2.45, 2.75) is 19.3 Å². The molecule has 0 saturated heterocycles. The molecule has 0 aliphatic carbocycles. The smallest absolute Gasteiger partial charge is 0.277 e. The van der Waals surface area contributed by atoms with Crippen molar-refractivity contribution < 1.29 is 9.53 Å². The average Bonchev–Trinajstić information content (AvgIpc) is 2.74. The van der Waals surface area contributed by atoms with E-state index in [2.05, 4.69) is 41.5 Å². The van der Waals surface area contributed by atoms with Crippen molar-refractivity contribution in [1.29, 1.82) is 0 Å². The molecule has 5 nitrogen and oxygen atoms in total. The van der Waals surface area contributed by atoms with Gasteiger partial charge in [-0.05, 0) is 29.3 Å². The van der Waals surface area contributed by atoms with Crippen molar-refractivity contribution in [1.82, 2.24) is 10.4 Å². The van der Waals surface area contributed by atoms with Gasteiger partial charge in [0, 0.05) is 23.4 Å². The summed E-state index contributed by atoms with van der Waals surface area (Å²) in [6, 6.07) is 21.8. The number of hydrogen-bond acceptors (Lipinski definition) is 4. The van der Waals surface area contributed by atoms with Crippen molar-refractivity contribution in [3.8, 4) is 5.75 Å². The van der Waals surface area contributed by atoms with E-state index in [-0.39, 0.29) is 17.9 Å². The van der Waals surface area contributed by atoms with Crippen LogP contribution in [-0.4, -0.2) is 23.7 Å². The van der Waals surface area contributed by atoms with E-state index in [1.54, 1.807) is 18.5 Å². The first kappa shape index (κ1) is 19.3. The second kappa shape index (κ2) is 8.95. The standard InChI is InChI=1S/C23H23N3O2/c1-23(2,19-8-4-3-5-9-19)20-10-12-21(13-11-20)28-17-22(27)26-25-16-18-7-6-14-24-15-18/h3-16H,17H2,1-2H3,(H,26,27). The van der Waals surface area contributed by atoms with E-state index in [1.807, 2.05) is 48.5 Å². The molecule has 3 rings (SSSR count). The van der Waals surface area contributed by atoms with E-state index >= 15 is 0 Å². The Hall–Kier alpha value is -3.47. The van der Waals surface area contributed by atoms with Crippen LogP contribution in [0, 0.1) is 0 Å². The Morgan fingerprint density at radius 2 is 1.75 bits per heavy atom. The summed E-state index contributed by atoms with van der Waals surface area (Å²) in [5.41, 5.74) is 5.55. The number of benzene rings is 2. The van der Waals surface area contributed by atoms with Crippen LogP contribution < -0.4 is 10.2 Å².